The Hall–Kier alpha value is -2.21. The van der Waals surface area contributed by atoms with Gasteiger partial charge in [0, 0.05) is 41.4 Å². The minimum absolute atomic E-state index is 0.145. The molecule has 1 aliphatic rings. The molecule has 0 heterocycles. The fraction of sp³-hybridized carbons (Fsp3) is 0.350. The number of urea groups is 1. The molecule has 4 nitrogen and oxygen atoms in total. The lowest BCUT2D eigenvalue weighted by Crippen LogP contribution is -2.42. The van der Waals surface area contributed by atoms with Crippen LogP contribution in [0.4, 0.5) is 9.18 Å². The van der Waals surface area contributed by atoms with Crippen molar-refractivity contribution in [1.29, 1.82) is 0 Å². The maximum absolute atomic E-state index is 13.0. The lowest BCUT2D eigenvalue weighted by Gasteiger charge is -2.23. The number of carbonyl (C=O) groups excluding carboxylic acids is 1. The van der Waals surface area contributed by atoms with Gasteiger partial charge in [0.2, 0.25) is 0 Å². The predicted molar refractivity (Wildman–Crippen MR) is 102 cm³/mol. The highest BCUT2D eigenvalue weighted by molar-refractivity contribution is 7.84. The minimum Gasteiger partial charge on any atom is -0.337 e. The van der Waals surface area contributed by atoms with Gasteiger partial charge in [-0.2, -0.15) is 0 Å². The number of amides is 2. The molecule has 2 aromatic carbocycles. The van der Waals surface area contributed by atoms with Gasteiger partial charge >= 0.3 is 6.03 Å². The minimum atomic E-state index is -1.01. The Labute approximate surface area is 155 Å². The van der Waals surface area contributed by atoms with E-state index in [9.17, 15) is 13.4 Å². The van der Waals surface area contributed by atoms with Gasteiger partial charge in [-0.05, 0) is 36.1 Å². The van der Waals surface area contributed by atoms with E-state index in [-0.39, 0.29) is 17.9 Å². The Morgan fingerprint density at radius 1 is 1.08 bits per heavy atom. The number of hydrogen-bond acceptors (Lipinski definition) is 2. The molecule has 0 radical (unpaired) electrons. The molecule has 0 aromatic heterocycles. The largest absolute Gasteiger partial charge is 0.337 e. The summed E-state index contributed by atoms with van der Waals surface area (Å²) in [6.45, 7) is 0.842. The monoisotopic (exact) mass is 374 g/mol. The van der Waals surface area contributed by atoms with Crippen molar-refractivity contribution in [3.05, 3.63) is 71.5 Å². The molecule has 0 saturated heterocycles. The molecule has 3 rings (SSSR count). The number of benzene rings is 2. The van der Waals surface area contributed by atoms with Crippen LogP contribution >= 0.6 is 0 Å². The van der Waals surface area contributed by atoms with E-state index in [2.05, 4.69) is 5.32 Å². The van der Waals surface area contributed by atoms with Gasteiger partial charge in [0.05, 0.1) is 0 Å². The Morgan fingerprint density at radius 2 is 1.77 bits per heavy atom. The van der Waals surface area contributed by atoms with Gasteiger partial charge in [-0.15, -0.1) is 0 Å². The van der Waals surface area contributed by atoms with Crippen LogP contribution in [-0.4, -0.2) is 33.5 Å². The second-order valence-corrected chi connectivity index (χ2v) is 8.07. The molecule has 0 spiro atoms. The molecule has 1 N–H and O–H groups in total. The topological polar surface area (TPSA) is 49.4 Å². The first-order valence-corrected chi connectivity index (χ1v) is 10.3. The summed E-state index contributed by atoms with van der Waals surface area (Å²) in [7, 11) is -1.01. The fourth-order valence-corrected chi connectivity index (χ4v) is 3.78. The molecule has 6 heteroatoms. The Kier molecular flexibility index (Phi) is 6.39. The molecule has 0 aliphatic heterocycles. The number of nitrogens with one attached hydrogen (secondary N) is 1. The maximum atomic E-state index is 13.0. The quantitative estimate of drug-likeness (QED) is 0.769. The third-order valence-corrected chi connectivity index (χ3v) is 5.61. The number of carbonyl (C=O) groups is 1. The van der Waals surface area contributed by atoms with Crippen molar-refractivity contribution in [1.82, 2.24) is 10.2 Å². The number of nitrogens with zero attached hydrogens (tertiary/aromatic N) is 1. The highest BCUT2D eigenvalue weighted by Gasteiger charge is 2.32. The van der Waals surface area contributed by atoms with Gasteiger partial charge in [0.1, 0.15) is 5.82 Å². The predicted octanol–water partition coefficient (Wildman–Crippen LogP) is 3.45. The van der Waals surface area contributed by atoms with E-state index in [1.807, 2.05) is 30.3 Å². The third-order valence-electron chi connectivity index (χ3n) is 4.29. The summed E-state index contributed by atoms with van der Waals surface area (Å²) in [5.74, 6) is 0.644. The van der Waals surface area contributed by atoms with Crippen LogP contribution in [0.1, 0.15) is 24.0 Å². The van der Waals surface area contributed by atoms with Crippen molar-refractivity contribution >= 4 is 16.8 Å². The molecule has 2 aromatic rings. The van der Waals surface area contributed by atoms with E-state index >= 15 is 0 Å². The van der Waals surface area contributed by atoms with Crippen molar-refractivity contribution in [2.24, 2.45) is 0 Å². The van der Waals surface area contributed by atoms with Crippen LogP contribution in [0.5, 0.6) is 0 Å². The van der Waals surface area contributed by atoms with Gasteiger partial charge < -0.3 is 10.2 Å². The Bertz CT molecular complexity index is 748. The zero-order valence-corrected chi connectivity index (χ0v) is 15.4. The van der Waals surface area contributed by atoms with Gasteiger partial charge in [0.15, 0.2) is 0 Å². The molecule has 1 unspecified atom stereocenters. The van der Waals surface area contributed by atoms with E-state index in [4.69, 9.17) is 0 Å². The Balaban J connectivity index is 1.46. The molecule has 1 fully saturated rings. The highest BCUT2D eigenvalue weighted by atomic mass is 32.2. The molecule has 1 saturated carbocycles. The smallest absolute Gasteiger partial charge is 0.317 e. The summed E-state index contributed by atoms with van der Waals surface area (Å²) in [5, 5.41) is 2.87. The van der Waals surface area contributed by atoms with E-state index in [0.717, 1.165) is 24.0 Å². The number of hydrogen-bond donors (Lipinski definition) is 1. The van der Waals surface area contributed by atoms with Gasteiger partial charge in [0.25, 0.3) is 0 Å². The molecule has 138 valence electrons. The summed E-state index contributed by atoms with van der Waals surface area (Å²) in [5.41, 5.74) is 1.94. The summed E-state index contributed by atoms with van der Waals surface area (Å²) in [6.07, 6.45) is 1.99. The third kappa shape index (κ3) is 5.66. The SMILES string of the molecule is O=C(NCCS(=O)Cc1ccccc1)N(Cc1ccc(F)cc1)C1CC1. The fourth-order valence-electron chi connectivity index (χ4n) is 2.75. The first-order chi connectivity index (χ1) is 12.6. The second-order valence-electron chi connectivity index (χ2n) is 6.49. The van der Waals surface area contributed by atoms with Gasteiger partial charge in [-0.25, -0.2) is 9.18 Å². The van der Waals surface area contributed by atoms with Crippen LogP contribution in [0.25, 0.3) is 0 Å². The van der Waals surface area contributed by atoms with Crippen LogP contribution in [-0.2, 0) is 23.1 Å². The maximum Gasteiger partial charge on any atom is 0.317 e. The van der Waals surface area contributed by atoms with Crippen LogP contribution in [0.3, 0.4) is 0 Å². The van der Waals surface area contributed by atoms with Crippen molar-refractivity contribution < 1.29 is 13.4 Å². The first-order valence-electron chi connectivity index (χ1n) is 8.79. The molecule has 2 amide bonds. The van der Waals surface area contributed by atoms with Crippen LogP contribution in [0.15, 0.2) is 54.6 Å². The van der Waals surface area contributed by atoms with Crippen molar-refractivity contribution in [2.45, 2.75) is 31.2 Å². The summed E-state index contributed by atoms with van der Waals surface area (Å²) >= 11 is 0. The molecule has 0 bridgehead atoms. The zero-order valence-electron chi connectivity index (χ0n) is 14.6. The summed E-state index contributed by atoms with van der Waals surface area (Å²) in [4.78, 5) is 14.3. The highest BCUT2D eigenvalue weighted by Crippen LogP contribution is 2.28. The molecule has 1 atom stereocenters. The molecular formula is C20H23FN2O2S. The molecular weight excluding hydrogens is 351 g/mol. The van der Waals surface area contributed by atoms with Crippen LogP contribution in [0, 0.1) is 5.82 Å². The van der Waals surface area contributed by atoms with E-state index < -0.39 is 10.8 Å². The zero-order chi connectivity index (χ0) is 18.4. The average molecular weight is 374 g/mol. The van der Waals surface area contributed by atoms with E-state index in [1.165, 1.54) is 12.1 Å². The number of halogens is 1. The number of rotatable bonds is 8. The molecule has 1 aliphatic carbocycles. The van der Waals surface area contributed by atoms with E-state index in [1.54, 1.807) is 17.0 Å². The summed E-state index contributed by atoms with van der Waals surface area (Å²) < 4.78 is 25.2. The summed E-state index contributed by atoms with van der Waals surface area (Å²) in [6, 6.07) is 16.0. The average Bonchev–Trinajstić information content (AvgIpc) is 3.47. The first kappa shape index (κ1) is 18.6. The molecule has 26 heavy (non-hydrogen) atoms. The lowest BCUT2D eigenvalue weighted by molar-refractivity contribution is 0.192. The van der Waals surface area contributed by atoms with Gasteiger partial charge in [-0.3, -0.25) is 4.21 Å². The Morgan fingerprint density at radius 3 is 2.42 bits per heavy atom. The second kappa shape index (κ2) is 8.94. The van der Waals surface area contributed by atoms with Crippen molar-refractivity contribution in [3.63, 3.8) is 0 Å². The van der Waals surface area contributed by atoms with Crippen LogP contribution in [0.2, 0.25) is 0 Å². The van der Waals surface area contributed by atoms with Gasteiger partial charge in [-0.1, -0.05) is 42.5 Å². The normalized spacial score (nSPS) is 14.7. The standard InChI is InChI=1S/C20H23FN2O2S/c21-18-8-6-16(7-9-18)14-23(19-10-11-19)20(24)22-12-13-26(25)15-17-4-2-1-3-5-17/h1-9,19H,10-15H2,(H,22,24). The van der Waals surface area contributed by atoms with Crippen molar-refractivity contribution in [3.8, 4) is 0 Å². The lowest BCUT2D eigenvalue weighted by atomic mass is 10.2. The van der Waals surface area contributed by atoms with Crippen molar-refractivity contribution in [2.75, 3.05) is 12.3 Å². The van der Waals surface area contributed by atoms with E-state index in [0.29, 0.717) is 24.6 Å². The van der Waals surface area contributed by atoms with Crippen LogP contribution < -0.4 is 5.32 Å².